The summed E-state index contributed by atoms with van der Waals surface area (Å²) in [6.07, 6.45) is 3.49. The van der Waals surface area contributed by atoms with Crippen molar-refractivity contribution in [1.29, 1.82) is 0 Å². The lowest BCUT2D eigenvalue weighted by Gasteiger charge is -2.20. The van der Waals surface area contributed by atoms with Gasteiger partial charge < -0.3 is 10.1 Å². The van der Waals surface area contributed by atoms with E-state index in [2.05, 4.69) is 41.4 Å². The Morgan fingerprint density at radius 2 is 1.89 bits per heavy atom. The maximum Gasteiger partial charge on any atom is 0.407 e. The molecule has 0 saturated heterocycles. The van der Waals surface area contributed by atoms with E-state index in [0.717, 1.165) is 18.4 Å². The van der Waals surface area contributed by atoms with Gasteiger partial charge >= 0.3 is 6.09 Å². The summed E-state index contributed by atoms with van der Waals surface area (Å²) < 4.78 is 6.40. The second-order valence-corrected chi connectivity index (χ2v) is 6.04. The Kier molecular flexibility index (Phi) is 12.4. The van der Waals surface area contributed by atoms with Crippen LogP contribution >= 0.6 is 22.6 Å². The predicted molar refractivity (Wildman–Crippen MR) is 91.7 cm³/mol. The van der Waals surface area contributed by atoms with Gasteiger partial charge in [-0.15, -0.1) is 0 Å². The molecule has 0 saturated carbocycles. The normalized spacial score (nSPS) is 11.7. The monoisotopic (exact) mass is 381 g/mol. The molecule has 1 amide bonds. The van der Waals surface area contributed by atoms with E-state index in [1.165, 1.54) is 3.58 Å². The second-order valence-electron chi connectivity index (χ2n) is 4.74. The fourth-order valence-electron chi connectivity index (χ4n) is 1.14. The summed E-state index contributed by atoms with van der Waals surface area (Å²) in [7, 11) is 0. The Bertz CT molecular complexity index is 304. The number of hydrogen-bond donors (Lipinski definition) is 1. The van der Waals surface area contributed by atoms with E-state index in [1.54, 1.807) is 6.08 Å². The summed E-state index contributed by atoms with van der Waals surface area (Å²) in [4.78, 5) is 11.5. The van der Waals surface area contributed by atoms with Gasteiger partial charge in [0.1, 0.15) is 5.60 Å². The molecule has 0 aliphatic heterocycles. The van der Waals surface area contributed by atoms with Gasteiger partial charge in [0, 0.05) is 6.54 Å². The van der Waals surface area contributed by atoms with Crippen molar-refractivity contribution >= 4 is 28.7 Å². The number of carbonyl (C=O) groups excluding carboxylic acids is 1. The van der Waals surface area contributed by atoms with Gasteiger partial charge in [0.2, 0.25) is 0 Å². The zero-order valence-corrected chi connectivity index (χ0v) is 15.3. The van der Waals surface area contributed by atoms with Gasteiger partial charge in [0.15, 0.2) is 0 Å². The van der Waals surface area contributed by atoms with Crippen molar-refractivity contribution in [3.8, 4) is 0 Å². The molecule has 0 aromatic rings. The van der Waals surface area contributed by atoms with Crippen molar-refractivity contribution in [3.05, 3.63) is 21.8 Å². The highest BCUT2D eigenvalue weighted by Crippen LogP contribution is 2.19. The molecule has 112 valence electrons. The molecule has 1 N–H and O–H groups in total. The molecule has 0 aliphatic carbocycles. The Morgan fingerprint density at radius 3 is 2.26 bits per heavy atom. The Hall–Kier alpha value is -0.520. The number of ether oxygens (including phenoxy) is 1. The van der Waals surface area contributed by atoms with Gasteiger partial charge in [0.25, 0.3) is 0 Å². The average molecular weight is 381 g/mol. The molecule has 0 rings (SSSR count). The molecule has 3 nitrogen and oxygen atoms in total. The molecule has 0 atom stereocenters. The first-order valence-corrected chi connectivity index (χ1v) is 7.84. The molecule has 0 aromatic carbocycles. The fourth-order valence-corrected chi connectivity index (χ4v) is 2.09. The third kappa shape index (κ3) is 12.3. The summed E-state index contributed by atoms with van der Waals surface area (Å²) in [6, 6.07) is 0. The highest BCUT2D eigenvalue weighted by atomic mass is 127. The number of alkyl carbamates (subject to hydrolysis) is 1. The van der Waals surface area contributed by atoms with Gasteiger partial charge in [-0.05, 0) is 58.9 Å². The zero-order chi connectivity index (χ0) is 15.5. The Balaban J connectivity index is 0. The van der Waals surface area contributed by atoms with Crippen LogP contribution < -0.4 is 5.32 Å². The van der Waals surface area contributed by atoms with Crippen LogP contribution in [0.25, 0.3) is 0 Å². The van der Waals surface area contributed by atoms with Crippen molar-refractivity contribution in [3.63, 3.8) is 0 Å². The van der Waals surface area contributed by atoms with Crippen LogP contribution in [0.3, 0.4) is 0 Å². The van der Waals surface area contributed by atoms with Crippen LogP contribution in [0.5, 0.6) is 0 Å². The predicted octanol–water partition coefficient (Wildman–Crippen LogP) is 5.21. The molecule has 4 heteroatoms. The molecular weight excluding hydrogens is 353 g/mol. The molecule has 0 aliphatic rings. The minimum absolute atomic E-state index is 0.391. The summed E-state index contributed by atoms with van der Waals surface area (Å²) in [6.45, 7) is 15.9. The number of nitrogens with one attached hydrogen (secondary N) is 1. The van der Waals surface area contributed by atoms with E-state index < -0.39 is 11.7 Å². The lowest BCUT2D eigenvalue weighted by Crippen LogP contribution is -2.33. The first-order chi connectivity index (χ1) is 8.80. The third-order valence-corrected chi connectivity index (χ3v) is 3.12. The smallest absolute Gasteiger partial charge is 0.407 e. The minimum Gasteiger partial charge on any atom is -0.444 e. The van der Waals surface area contributed by atoms with E-state index in [4.69, 9.17) is 4.74 Å². The van der Waals surface area contributed by atoms with Gasteiger partial charge in [-0.3, -0.25) is 0 Å². The van der Waals surface area contributed by atoms with Gasteiger partial charge in [0.05, 0.1) is 0 Å². The van der Waals surface area contributed by atoms with E-state index in [0.29, 0.717) is 6.54 Å². The highest BCUT2D eigenvalue weighted by molar-refractivity contribution is 14.1. The summed E-state index contributed by atoms with van der Waals surface area (Å²) in [5.41, 5.74) is 0.594. The molecule has 0 heterocycles. The molecule has 0 spiro atoms. The maximum atomic E-state index is 11.5. The SMILES string of the molecule is C=C/C(CNC(=O)OC(C)(C)C)=C(/I)CCC.CC. The second kappa shape index (κ2) is 11.3. The Morgan fingerprint density at radius 1 is 1.37 bits per heavy atom. The van der Waals surface area contributed by atoms with Crippen LogP contribution in [0, 0.1) is 0 Å². The summed E-state index contributed by atoms with van der Waals surface area (Å²) >= 11 is 2.29. The van der Waals surface area contributed by atoms with Gasteiger partial charge in [-0.25, -0.2) is 4.79 Å². The molecule has 0 unspecified atom stereocenters. The van der Waals surface area contributed by atoms with Crippen LogP contribution in [0.15, 0.2) is 21.8 Å². The largest absolute Gasteiger partial charge is 0.444 e. The molecule has 0 fully saturated rings. The summed E-state index contributed by atoms with van der Waals surface area (Å²) in [5.74, 6) is 0. The quantitative estimate of drug-likeness (QED) is 0.524. The van der Waals surface area contributed by atoms with Crippen molar-refractivity contribution in [2.24, 2.45) is 0 Å². The van der Waals surface area contributed by atoms with Crippen molar-refractivity contribution in [2.45, 2.75) is 60.0 Å². The average Bonchev–Trinajstić information content (AvgIpc) is 2.30. The number of halogens is 1. The van der Waals surface area contributed by atoms with Crippen LogP contribution in [0.4, 0.5) is 4.79 Å². The van der Waals surface area contributed by atoms with Crippen LogP contribution in [0.2, 0.25) is 0 Å². The molecular formula is C15H28INO2. The standard InChI is InChI=1S/C13H22INO2.C2H6/c1-6-8-11(14)10(7-2)9-15-12(16)17-13(3,4)5;1-2/h7H,2,6,8-9H2,1,3-5H3,(H,15,16);1-2H3/b11-10-;. The lowest BCUT2D eigenvalue weighted by atomic mass is 10.2. The van der Waals surface area contributed by atoms with Crippen molar-refractivity contribution in [1.82, 2.24) is 5.32 Å². The highest BCUT2D eigenvalue weighted by Gasteiger charge is 2.15. The number of rotatable bonds is 5. The topological polar surface area (TPSA) is 38.3 Å². The number of allylic oxidation sites excluding steroid dienone is 1. The van der Waals surface area contributed by atoms with E-state index in [-0.39, 0.29) is 0 Å². The van der Waals surface area contributed by atoms with Crippen LogP contribution in [0.1, 0.15) is 54.4 Å². The molecule has 0 bridgehead atoms. The molecule has 0 aromatic heterocycles. The number of carbonyl (C=O) groups is 1. The molecule has 19 heavy (non-hydrogen) atoms. The van der Waals surface area contributed by atoms with Crippen molar-refractivity contribution in [2.75, 3.05) is 6.54 Å². The van der Waals surface area contributed by atoms with Gasteiger partial charge in [-0.2, -0.15) is 0 Å². The number of hydrogen-bond acceptors (Lipinski definition) is 2. The van der Waals surface area contributed by atoms with Crippen molar-refractivity contribution < 1.29 is 9.53 Å². The summed E-state index contributed by atoms with van der Waals surface area (Å²) in [5, 5.41) is 2.73. The minimum atomic E-state index is -0.460. The fraction of sp³-hybridized carbons (Fsp3) is 0.667. The lowest BCUT2D eigenvalue weighted by molar-refractivity contribution is 0.0533. The maximum absolute atomic E-state index is 11.5. The molecule has 0 radical (unpaired) electrons. The third-order valence-electron chi connectivity index (χ3n) is 1.89. The zero-order valence-electron chi connectivity index (χ0n) is 13.1. The van der Waals surface area contributed by atoms with Crippen LogP contribution in [-0.4, -0.2) is 18.2 Å². The van der Waals surface area contributed by atoms with E-state index >= 15 is 0 Å². The first kappa shape index (κ1) is 20.8. The van der Waals surface area contributed by atoms with E-state index in [9.17, 15) is 4.79 Å². The van der Waals surface area contributed by atoms with Gasteiger partial charge in [-0.1, -0.05) is 39.8 Å². The number of amides is 1. The van der Waals surface area contributed by atoms with Crippen LogP contribution in [-0.2, 0) is 4.74 Å². The Labute approximate surface area is 132 Å². The first-order valence-electron chi connectivity index (χ1n) is 6.77. The van der Waals surface area contributed by atoms with E-state index in [1.807, 2.05) is 34.6 Å².